The zero-order valence-electron chi connectivity index (χ0n) is 10.4. The molecule has 94 valence electrons. The Labute approximate surface area is 98.1 Å². The summed E-state index contributed by atoms with van der Waals surface area (Å²) < 4.78 is 5.37. The summed E-state index contributed by atoms with van der Waals surface area (Å²) in [5.41, 5.74) is 0. The Balaban J connectivity index is 2.16. The van der Waals surface area contributed by atoms with Crippen molar-refractivity contribution in [2.45, 2.75) is 51.6 Å². The summed E-state index contributed by atoms with van der Waals surface area (Å²) in [4.78, 5) is 11.7. The molecule has 0 aromatic heterocycles. The van der Waals surface area contributed by atoms with Crippen LogP contribution < -0.4 is 10.6 Å². The highest BCUT2D eigenvalue weighted by Gasteiger charge is 2.19. The number of unbranched alkanes of at least 4 members (excludes halogenated alkanes) is 1. The Kier molecular flexibility index (Phi) is 6.42. The van der Waals surface area contributed by atoms with Crippen LogP contribution >= 0.6 is 0 Å². The molecule has 0 aliphatic carbocycles. The molecule has 1 rings (SSSR count). The second kappa shape index (κ2) is 7.63. The van der Waals surface area contributed by atoms with Gasteiger partial charge in [-0.15, -0.1) is 0 Å². The van der Waals surface area contributed by atoms with Crippen LogP contribution in [0.2, 0.25) is 0 Å². The zero-order chi connectivity index (χ0) is 11.8. The molecule has 1 aliphatic heterocycles. The Morgan fingerprint density at radius 3 is 3.00 bits per heavy atom. The van der Waals surface area contributed by atoms with E-state index in [1.54, 1.807) is 0 Å². The molecule has 0 bridgehead atoms. The van der Waals surface area contributed by atoms with E-state index < -0.39 is 0 Å². The maximum atomic E-state index is 11.7. The van der Waals surface area contributed by atoms with E-state index in [1.165, 1.54) is 0 Å². The molecule has 0 radical (unpaired) electrons. The van der Waals surface area contributed by atoms with Crippen molar-refractivity contribution in [1.29, 1.82) is 0 Å². The molecule has 1 amide bonds. The lowest BCUT2D eigenvalue weighted by molar-refractivity contribution is -0.123. The van der Waals surface area contributed by atoms with E-state index in [-0.39, 0.29) is 11.9 Å². The van der Waals surface area contributed by atoms with Gasteiger partial charge >= 0.3 is 0 Å². The molecule has 0 aromatic carbocycles. The van der Waals surface area contributed by atoms with Crippen LogP contribution in [0, 0.1) is 0 Å². The largest absolute Gasteiger partial charge is 0.380 e. The van der Waals surface area contributed by atoms with Crippen molar-refractivity contribution in [2.75, 3.05) is 19.8 Å². The van der Waals surface area contributed by atoms with Crippen LogP contribution in [0.5, 0.6) is 0 Å². The molecule has 1 saturated heterocycles. The molecule has 0 aromatic rings. The molecule has 1 heterocycles. The summed E-state index contributed by atoms with van der Waals surface area (Å²) in [7, 11) is 0. The molecule has 0 spiro atoms. The van der Waals surface area contributed by atoms with Crippen molar-refractivity contribution < 1.29 is 9.53 Å². The van der Waals surface area contributed by atoms with Gasteiger partial charge in [0.25, 0.3) is 0 Å². The van der Waals surface area contributed by atoms with Crippen molar-refractivity contribution in [3.8, 4) is 0 Å². The summed E-state index contributed by atoms with van der Waals surface area (Å²) in [5.74, 6) is 0.0963. The van der Waals surface area contributed by atoms with E-state index in [4.69, 9.17) is 4.74 Å². The van der Waals surface area contributed by atoms with E-state index in [2.05, 4.69) is 17.6 Å². The van der Waals surface area contributed by atoms with Gasteiger partial charge in [-0.25, -0.2) is 0 Å². The third kappa shape index (κ3) is 4.94. The molecule has 4 nitrogen and oxygen atoms in total. The quantitative estimate of drug-likeness (QED) is 0.668. The predicted molar refractivity (Wildman–Crippen MR) is 64.4 cm³/mol. The number of carbonyl (C=O) groups is 1. The smallest absolute Gasteiger partial charge is 0.236 e. The van der Waals surface area contributed by atoms with E-state index in [1.807, 2.05) is 6.92 Å². The molecule has 16 heavy (non-hydrogen) atoms. The van der Waals surface area contributed by atoms with Crippen LogP contribution in [0.3, 0.4) is 0 Å². The van der Waals surface area contributed by atoms with Crippen molar-refractivity contribution in [1.82, 2.24) is 10.6 Å². The minimum Gasteiger partial charge on any atom is -0.380 e. The van der Waals surface area contributed by atoms with Gasteiger partial charge in [-0.05, 0) is 26.2 Å². The summed E-state index contributed by atoms with van der Waals surface area (Å²) in [5, 5.41) is 6.24. The van der Waals surface area contributed by atoms with Gasteiger partial charge in [0.15, 0.2) is 0 Å². The minimum atomic E-state index is -0.122. The Morgan fingerprint density at radius 2 is 2.38 bits per heavy atom. The lowest BCUT2D eigenvalue weighted by atomic mass is 10.1. The minimum absolute atomic E-state index is 0.0963. The van der Waals surface area contributed by atoms with Crippen molar-refractivity contribution >= 4 is 5.91 Å². The van der Waals surface area contributed by atoms with Gasteiger partial charge in [0, 0.05) is 19.2 Å². The van der Waals surface area contributed by atoms with E-state index in [9.17, 15) is 4.79 Å². The molecule has 1 aliphatic rings. The van der Waals surface area contributed by atoms with Gasteiger partial charge in [0.2, 0.25) is 5.91 Å². The number of carbonyl (C=O) groups excluding carboxylic acids is 1. The number of amides is 1. The third-order valence-electron chi connectivity index (χ3n) is 2.87. The number of hydrogen-bond acceptors (Lipinski definition) is 3. The molecule has 1 fully saturated rings. The summed E-state index contributed by atoms with van der Waals surface area (Å²) in [6.45, 7) is 6.40. The zero-order valence-corrected chi connectivity index (χ0v) is 10.4. The fourth-order valence-corrected chi connectivity index (χ4v) is 1.84. The molecule has 0 saturated carbocycles. The fraction of sp³-hybridized carbons (Fsp3) is 0.917. The lowest BCUT2D eigenvalue weighted by Crippen LogP contribution is -2.49. The first-order valence-corrected chi connectivity index (χ1v) is 6.35. The average molecular weight is 228 g/mol. The maximum absolute atomic E-state index is 11.7. The predicted octanol–water partition coefficient (Wildman–Crippen LogP) is 1.06. The van der Waals surface area contributed by atoms with Gasteiger partial charge in [0.05, 0.1) is 12.6 Å². The number of nitrogens with one attached hydrogen (secondary N) is 2. The number of ether oxygens (including phenoxy) is 1. The highest BCUT2D eigenvalue weighted by molar-refractivity contribution is 5.81. The highest BCUT2D eigenvalue weighted by Crippen LogP contribution is 2.06. The summed E-state index contributed by atoms with van der Waals surface area (Å²) in [6.07, 6.45) is 4.35. The molecular formula is C12H24N2O2. The van der Waals surface area contributed by atoms with Crippen LogP contribution in [0.25, 0.3) is 0 Å². The normalized spacial score (nSPS) is 22.8. The molecule has 4 heteroatoms. The first-order valence-electron chi connectivity index (χ1n) is 6.35. The number of rotatable bonds is 6. The van der Waals surface area contributed by atoms with Crippen LogP contribution in [-0.4, -0.2) is 37.7 Å². The maximum Gasteiger partial charge on any atom is 0.236 e. The Bertz CT molecular complexity index is 203. The monoisotopic (exact) mass is 228 g/mol. The first-order chi connectivity index (χ1) is 7.74. The molecule has 2 unspecified atom stereocenters. The van der Waals surface area contributed by atoms with Crippen molar-refractivity contribution in [3.05, 3.63) is 0 Å². The topological polar surface area (TPSA) is 50.4 Å². The van der Waals surface area contributed by atoms with Crippen LogP contribution in [0.15, 0.2) is 0 Å². The van der Waals surface area contributed by atoms with Gasteiger partial charge in [-0.2, -0.15) is 0 Å². The Hall–Kier alpha value is -0.610. The summed E-state index contributed by atoms with van der Waals surface area (Å²) in [6, 6.07) is 0.212. The van der Waals surface area contributed by atoms with E-state index >= 15 is 0 Å². The molecular weight excluding hydrogens is 204 g/mol. The highest BCUT2D eigenvalue weighted by atomic mass is 16.5. The van der Waals surface area contributed by atoms with Crippen molar-refractivity contribution in [2.24, 2.45) is 0 Å². The second-order valence-electron chi connectivity index (χ2n) is 4.45. The molecule has 2 N–H and O–H groups in total. The van der Waals surface area contributed by atoms with Crippen LogP contribution in [0.4, 0.5) is 0 Å². The Morgan fingerprint density at radius 1 is 1.56 bits per heavy atom. The van der Waals surface area contributed by atoms with Crippen LogP contribution in [-0.2, 0) is 9.53 Å². The molecule has 2 atom stereocenters. The SMILES string of the molecule is CCCCNC(=O)C(C)NC1CCCOC1. The summed E-state index contributed by atoms with van der Waals surface area (Å²) >= 11 is 0. The lowest BCUT2D eigenvalue weighted by Gasteiger charge is -2.26. The van der Waals surface area contributed by atoms with E-state index in [0.29, 0.717) is 6.04 Å². The first kappa shape index (κ1) is 13.5. The van der Waals surface area contributed by atoms with Gasteiger partial charge in [0.1, 0.15) is 0 Å². The number of hydrogen-bond donors (Lipinski definition) is 2. The van der Waals surface area contributed by atoms with Crippen LogP contribution in [0.1, 0.15) is 39.5 Å². The average Bonchev–Trinajstić information content (AvgIpc) is 2.30. The van der Waals surface area contributed by atoms with Gasteiger partial charge in [-0.1, -0.05) is 13.3 Å². The van der Waals surface area contributed by atoms with Gasteiger partial charge < -0.3 is 15.4 Å². The van der Waals surface area contributed by atoms with Gasteiger partial charge in [-0.3, -0.25) is 4.79 Å². The van der Waals surface area contributed by atoms with Crippen molar-refractivity contribution in [3.63, 3.8) is 0 Å². The fourth-order valence-electron chi connectivity index (χ4n) is 1.84. The third-order valence-corrected chi connectivity index (χ3v) is 2.87. The standard InChI is InChI=1S/C12H24N2O2/c1-3-4-7-13-12(15)10(2)14-11-6-5-8-16-9-11/h10-11,14H,3-9H2,1-2H3,(H,13,15). The van der Waals surface area contributed by atoms with E-state index in [0.717, 1.165) is 45.4 Å². The second-order valence-corrected chi connectivity index (χ2v) is 4.45.